The monoisotopic (exact) mass is 453 g/mol. The summed E-state index contributed by atoms with van der Waals surface area (Å²) in [4.78, 5) is 11.8. The summed E-state index contributed by atoms with van der Waals surface area (Å²) in [6.07, 6.45) is -6.62. The number of aliphatic hydroxyl groups is 2. The maximum atomic E-state index is 12.7. The lowest BCUT2D eigenvalue weighted by molar-refractivity contribution is -0.00577. The number of nitrogens with zero attached hydrogens (tertiary/aromatic N) is 2. The molecule has 8 nitrogen and oxygen atoms in total. The molecule has 5 rings (SSSR count). The lowest BCUT2D eigenvalue weighted by atomic mass is 10.0. The fourth-order valence-electron chi connectivity index (χ4n) is 3.83. The molecule has 0 spiro atoms. The minimum absolute atomic E-state index is 0.0998. The molecule has 3 N–H and O–H groups in total. The summed E-state index contributed by atoms with van der Waals surface area (Å²) in [5.74, 6) is 0. The highest BCUT2D eigenvalue weighted by molar-refractivity contribution is 6.33. The molecule has 2 aliphatic rings. The molecule has 31 heavy (non-hydrogen) atoms. The number of halogens is 3. The van der Waals surface area contributed by atoms with Crippen molar-refractivity contribution in [3.05, 3.63) is 40.9 Å². The summed E-state index contributed by atoms with van der Waals surface area (Å²) in [7, 11) is 0. The van der Waals surface area contributed by atoms with Crippen LogP contribution in [-0.4, -0.2) is 69.2 Å². The second kappa shape index (κ2) is 7.95. The number of aromatic amines is 1. The van der Waals surface area contributed by atoms with Gasteiger partial charge in [0.25, 0.3) is 12.4 Å². The predicted octanol–water partition coefficient (Wildman–Crippen LogP) is 2.48. The number of rotatable bonds is 5. The number of H-pyrrole nitrogens is 1. The topological polar surface area (TPSA) is 110 Å². The van der Waals surface area contributed by atoms with Crippen molar-refractivity contribution >= 4 is 22.8 Å². The van der Waals surface area contributed by atoms with Gasteiger partial charge in [0.05, 0.1) is 29.4 Å². The quantitative estimate of drug-likeness (QED) is 0.544. The van der Waals surface area contributed by atoms with Crippen molar-refractivity contribution in [2.75, 3.05) is 13.2 Å². The van der Waals surface area contributed by atoms with Crippen LogP contribution < -0.4 is 4.74 Å². The zero-order valence-electron chi connectivity index (χ0n) is 15.9. The van der Waals surface area contributed by atoms with Crippen molar-refractivity contribution in [3.8, 4) is 17.3 Å². The summed E-state index contributed by atoms with van der Waals surface area (Å²) >= 11 is 6.37. The van der Waals surface area contributed by atoms with Crippen molar-refractivity contribution in [1.82, 2.24) is 15.0 Å². The molecule has 4 heterocycles. The molecule has 11 heteroatoms. The van der Waals surface area contributed by atoms with E-state index < -0.39 is 30.8 Å². The molecule has 2 fully saturated rings. The second-order valence-corrected chi connectivity index (χ2v) is 7.86. The molecule has 2 aromatic heterocycles. The highest BCUT2D eigenvalue weighted by Gasteiger charge is 2.48. The van der Waals surface area contributed by atoms with Crippen LogP contribution in [0.5, 0.6) is 6.01 Å². The smallest absolute Gasteiger partial charge is 0.296 e. The van der Waals surface area contributed by atoms with Gasteiger partial charge in [-0.25, -0.2) is 13.8 Å². The maximum Gasteiger partial charge on any atom is 0.296 e. The molecule has 0 amide bonds. The lowest BCUT2D eigenvalue weighted by Crippen LogP contribution is -2.34. The van der Waals surface area contributed by atoms with Crippen molar-refractivity contribution < 1.29 is 33.2 Å². The molecule has 0 saturated carbocycles. The van der Waals surface area contributed by atoms with Gasteiger partial charge in [0.1, 0.15) is 24.4 Å². The first-order valence-electron chi connectivity index (χ1n) is 9.61. The van der Waals surface area contributed by atoms with Gasteiger partial charge in [-0.15, -0.1) is 0 Å². The van der Waals surface area contributed by atoms with E-state index in [2.05, 4.69) is 15.0 Å². The third-order valence-corrected chi connectivity index (χ3v) is 5.70. The molecule has 1 aromatic carbocycles. The van der Waals surface area contributed by atoms with E-state index in [9.17, 15) is 19.0 Å². The Morgan fingerprint density at radius 3 is 2.61 bits per heavy atom. The van der Waals surface area contributed by atoms with Crippen molar-refractivity contribution in [1.29, 1.82) is 0 Å². The normalized spacial score (nSPS) is 26.5. The number of aromatic nitrogens is 3. The van der Waals surface area contributed by atoms with Gasteiger partial charge in [0.15, 0.2) is 11.8 Å². The van der Waals surface area contributed by atoms with Gasteiger partial charge in [0.2, 0.25) is 0 Å². The van der Waals surface area contributed by atoms with Crippen LogP contribution in [0.3, 0.4) is 0 Å². The minimum atomic E-state index is -2.87. The van der Waals surface area contributed by atoms with E-state index in [1.807, 2.05) is 0 Å². The lowest BCUT2D eigenvalue weighted by Gasteiger charge is -2.15. The van der Waals surface area contributed by atoms with E-state index in [1.54, 1.807) is 18.2 Å². The highest BCUT2D eigenvalue weighted by atomic mass is 35.5. The van der Waals surface area contributed by atoms with Gasteiger partial charge in [-0.05, 0) is 11.6 Å². The Labute approximate surface area is 179 Å². The molecule has 164 valence electrons. The fourth-order valence-corrected chi connectivity index (χ4v) is 4.09. The van der Waals surface area contributed by atoms with Crippen LogP contribution in [-0.2, 0) is 9.47 Å². The second-order valence-electron chi connectivity index (χ2n) is 7.45. The van der Waals surface area contributed by atoms with Crippen LogP contribution >= 0.6 is 11.6 Å². The summed E-state index contributed by atoms with van der Waals surface area (Å²) in [6.45, 7) is 0.461. The van der Waals surface area contributed by atoms with Gasteiger partial charge in [-0.3, -0.25) is 0 Å². The first-order valence-corrected chi connectivity index (χ1v) is 9.99. The van der Waals surface area contributed by atoms with E-state index in [1.165, 1.54) is 12.1 Å². The minimum Gasteiger partial charge on any atom is -0.456 e. The predicted molar refractivity (Wildman–Crippen MR) is 105 cm³/mol. The Bertz CT molecular complexity index is 1100. The number of pyridine rings is 1. The van der Waals surface area contributed by atoms with E-state index >= 15 is 0 Å². The first kappa shape index (κ1) is 20.5. The first-order chi connectivity index (χ1) is 14.9. The Balaban J connectivity index is 1.38. The number of nitrogens with one attached hydrogen (secondary N) is 1. The number of hydrogen-bond acceptors (Lipinski definition) is 7. The third-order valence-electron chi connectivity index (χ3n) is 5.41. The highest BCUT2D eigenvalue weighted by Crippen LogP contribution is 2.33. The zero-order chi connectivity index (χ0) is 21.7. The Morgan fingerprint density at radius 1 is 1.13 bits per heavy atom. The van der Waals surface area contributed by atoms with Gasteiger partial charge < -0.3 is 29.4 Å². The van der Waals surface area contributed by atoms with E-state index in [0.717, 1.165) is 0 Å². The molecular weight excluding hydrogens is 436 g/mol. The van der Waals surface area contributed by atoms with Crippen LogP contribution in [0.25, 0.3) is 22.4 Å². The molecular formula is C20H18ClF2N3O5. The molecule has 0 bridgehead atoms. The van der Waals surface area contributed by atoms with Gasteiger partial charge in [-0.1, -0.05) is 35.9 Å². The van der Waals surface area contributed by atoms with Crippen LogP contribution in [0, 0.1) is 0 Å². The van der Waals surface area contributed by atoms with Crippen molar-refractivity contribution in [3.63, 3.8) is 0 Å². The van der Waals surface area contributed by atoms with Gasteiger partial charge in [-0.2, -0.15) is 4.98 Å². The maximum absolute atomic E-state index is 12.7. The molecule has 3 aromatic rings. The van der Waals surface area contributed by atoms with E-state index in [0.29, 0.717) is 27.4 Å². The van der Waals surface area contributed by atoms with Crippen LogP contribution in [0.1, 0.15) is 11.7 Å². The Morgan fingerprint density at radius 2 is 1.87 bits per heavy atom. The average Bonchev–Trinajstić information content (AvgIpc) is 3.44. The van der Waals surface area contributed by atoms with E-state index in [-0.39, 0.29) is 30.9 Å². The summed E-state index contributed by atoms with van der Waals surface area (Å²) in [6, 6.07) is 7.78. The number of ether oxygens (including phenoxy) is 3. The summed E-state index contributed by atoms with van der Waals surface area (Å²) in [5.41, 5.74) is 2.01. The molecule has 0 radical (unpaired) electrons. The zero-order valence-corrected chi connectivity index (χ0v) is 16.7. The molecule has 2 saturated heterocycles. The number of fused-ring (bicyclic) bond motifs is 2. The number of aliphatic hydroxyl groups excluding tert-OH is 2. The van der Waals surface area contributed by atoms with Crippen LogP contribution in [0.15, 0.2) is 30.3 Å². The Kier molecular flexibility index (Phi) is 5.27. The SMILES string of the molecule is OC(c1ccc(-c2nc3nc(O[C@@H]4CO[C@H]5[C@@H]4OC[C@H]5O)[nH]c3cc2Cl)cc1)C(F)F. The number of imidazole rings is 1. The summed E-state index contributed by atoms with van der Waals surface area (Å²) in [5, 5.41) is 19.7. The number of hydrogen-bond donors (Lipinski definition) is 3. The Hall–Kier alpha value is -2.37. The third kappa shape index (κ3) is 3.74. The standard InChI is InChI=1S/C20H18ClF2N3O5/c21-10-5-11-19(25-14(10)8-1-3-9(4-2-8)15(28)18(22)23)26-20(24-11)31-13-7-30-16-12(27)6-29-17(13)16/h1-5,12-13,15-18,27-28H,6-7H2,(H,24,25,26)/t12-,13-,15?,16-,17-/m1/s1. The largest absolute Gasteiger partial charge is 0.456 e. The molecule has 2 aliphatic heterocycles. The summed E-state index contributed by atoms with van der Waals surface area (Å²) < 4.78 is 42.3. The number of alkyl halides is 2. The molecule has 0 aliphatic carbocycles. The van der Waals surface area contributed by atoms with Crippen molar-refractivity contribution in [2.24, 2.45) is 0 Å². The van der Waals surface area contributed by atoms with Gasteiger partial charge >= 0.3 is 0 Å². The van der Waals surface area contributed by atoms with E-state index in [4.69, 9.17) is 25.8 Å². The molecule has 1 unspecified atom stereocenters. The fraction of sp³-hybridized carbons (Fsp3) is 0.400. The van der Waals surface area contributed by atoms with Gasteiger partial charge in [0, 0.05) is 5.56 Å². The number of benzene rings is 1. The van der Waals surface area contributed by atoms with Crippen LogP contribution in [0.2, 0.25) is 5.02 Å². The average molecular weight is 454 g/mol. The molecule has 5 atom stereocenters. The van der Waals surface area contributed by atoms with Crippen molar-refractivity contribution in [2.45, 2.75) is 36.9 Å². The van der Waals surface area contributed by atoms with Crippen LogP contribution in [0.4, 0.5) is 8.78 Å².